The zero-order chi connectivity index (χ0) is 12.9. The first-order valence-corrected chi connectivity index (χ1v) is 5.59. The summed E-state index contributed by atoms with van der Waals surface area (Å²) in [6.45, 7) is 6.08. The molecule has 1 aromatic carbocycles. The molecule has 0 aromatic heterocycles. The number of para-hydroxylation sites is 1. The number of benzene rings is 1. The van der Waals surface area contributed by atoms with Crippen LogP contribution in [-0.4, -0.2) is 12.9 Å². The van der Waals surface area contributed by atoms with Crippen LogP contribution in [0.15, 0.2) is 18.2 Å². The molecule has 0 N–H and O–H groups in total. The molecule has 3 nitrogen and oxygen atoms in total. The third kappa shape index (κ3) is 3.60. The van der Waals surface area contributed by atoms with Gasteiger partial charge in [0.05, 0.1) is 23.7 Å². The largest absolute Gasteiger partial charge is 0.493 e. The highest BCUT2D eigenvalue weighted by atomic mass is 16.5. The molecule has 1 rings (SSSR count). The third-order valence-corrected chi connectivity index (χ3v) is 2.65. The van der Waals surface area contributed by atoms with Crippen LogP contribution in [-0.2, 0) is 0 Å². The van der Waals surface area contributed by atoms with Crippen LogP contribution >= 0.6 is 0 Å². The van der Waals surface area contributed by atoms with E-state index in [1.807, 2.05) is 32.9 Å². The van der Waals surface area contributed by atoms with Crippen molar-refractivity contribution < 1.29 is 9.53 Å². The Morgan fingerprint density at radius 2 is 2.18 bits per heavy atom. The molecule has 0 unspecified atom stereocenters. The summed E-state index contributed by atoms with van der Waals surface area (Å²) in [5.74, 6) is 0.622. The fraction of sp³-hybridized carbons (Fsp3) is 0.429. The molecule has 0 aliphatic rings. The number of carbonyl (C=O) groups is 1. The molecule has 1 aromatic rings. The van der Waals surface area contributed by atoms with Crippen LogP contribution in [0.25, 0.3) is 0 Å². The second-order valence-electron chi connectivity index (χ2n) is 4.71. The van der Waals surface area contributed by atoms with Crippen LogP contribution in [0, 0.1) is 23.7 Å². The zero-order valence-electron chi connectivity index (χ0n) is 10.5. The number of hydrogen-bond donors (Lipinski definition) is 0. The van der Waals surface area contributed by atoms with Crippen molar-refractivity contribution in [3.63, 3.8) is 0 Å². The van der Waals surface area contributed by atoms with E-state index in [0.29, 0.717) is 24.3 Å². The summed E-state index contributed by atoms with van der Waals surface area (Å²) in [7, 11) is 0. The fourth-order valence-electron chi connectivity index (χ4n) is 1.43. The molecule has 0 aliphatic carbocycles. The Bertz CT molecular complexity index is 444. The zero-order valence-corrected chi connectivity index (χ0v) is 10.5. The minimum Gasteiger partial charge on any atom is -0.493 e. The second-order valence-corrected chi connectivity index (χ2v) is 4.71. The first kappa shape index (κ1) is 13.2. The Hall–Kier alpha value is -1.82. The summed E-state index contributed by atoms with van der Waals surface area (Å²) in [5, 5.41) is 8.88. The average Bonchev–Trinajstić information content (AvgIpc) is 2.31. The number of aldehydes is 1. The molecule has 0 saturated heterocycles. The highest BCUT2D eigenvalue weighted by Crippen LogP contribution is 2.24. The van der Waals surface area contributed by atoms with Crippen molar-refractivity contribution in [2.75, 3.05) is 6.61 Å². The highest BCUT2D eigenvalue weighted by Gasteiger charge is 2.17. The number of aryl methyl sites for hydroxylation is 1. The van der Waals surface area contributed by atoms with Gasteiger partial charge in [-0.3, -0.25) is 4.79 Å². The lowest BCUT2D eigenvalue weighted by Gasteiger charge is -2.16. The first-order valence-electron chi connectivity index (χ1n) is 5.59. The van der Waals surface area contributed by atoms with Gasteiger partial charge in [0, 0.05) is 0 Å². The summed E-state index contributed by atoms with van der Waals surface area (Å²) in [6.07, 6.45) is 1.42. The van der Waals surface area contributed by atoms with Crippen LogP contribution in [0.5, 0.6) is 5.75 Å². The van der Waals surface area contributed by atoms with E-state index in [1.165, 1.54) is 0 Å². The van der Waals surface area contributed by atoms with Crippen molar-refractivity contribution in [1.29, 1.82) is 5.26 Å². The quantitative estimate of drug-likeness (QED) is 0.731. The molecule has 0 bridgehead atoms. The second kappa shape index (κ2) is 5.49. The molecule has 3 heteroatoms. The van der Waals surface area contributed by atoms with Gasteiger partial charge in [0.15, 0.2) is 6.29 Å². The molecular formula is C14H17NO2. The fourth-order valence-corrected chi connectivity index (χ4v) is 1.43. The van der Waals surface area contributed by atoms with Crippen LogP contribution in [0.4, 0.5) is 0 Å². The van der Waals surface area contributed by atoms with Crippen LogP contribution in [0.2, 0.25) is 0 Å². The predicted octanol–water partition coefficient (Wildman–Crippen LogP) is 3.13. The topological polar surface area (TPSA) is 50.1 Å². The van der Waals surface area contributed by atoms with Crippen molar-refractivity contribution in [3.05, 3.63) is 29.3 Å². The van der Waals surface area contributed by atoms with Gasteiger partial charge >= 0.3 is 0 Å². The molecule has 90 valence electrons. The van der Waals surface area contributed by atoms with Crippen LogP contribution in [0.1, 0.15) is 36.2 Å². The minimum absolute atomic E-state index is 0.399. The lowest BCUT2D eigenvalue weighted by Crippen LogP contribution is -2.14. The van der Waals surface area contributed by atoms with Gasteiger partial charge in [-0.15, -0.1) is 0 Å². The number of hydrogen-bond acceptors (Lipinski definition) is 3. The van der Waals surface area contributed by atoms with E-state index in [-0.39, 0.29) is 0 Å². The summed E-state index contributed by atoms with van der Waals surface area (Å²) >= 11 is 0. The Morgan fingerprint density at radius 3 is 2.76 bits per heavy atom. The van der Waals surface area contributed by atoms with Gasteiger partial charge in [-0.05, 0) is 38.8 Å². The molecule has 0 amide bonds. The Kier molecular flexibility index (Phi) is 4.28. The number of rotatable bonds is 5. The van der Waals surface area contributed by atoms with E-state index in [1.54, 1.807) is 6.07 Å². The Balaban J connectivity index is 2.70. The van der Waals surface area contributed by atoms with E-state index in [9.17, 15) is 4.79 Å². The predicted molar refractivity (Wildman–Crippen MR) is 66.1 cm³/mol. The van der Waals surface area contributed by atoms with Gasteiger partial charge < -0.3 is 4.74 Å². The molecule has 0 aliphatic heterocycles. The first-order chi connectivity index (χ1) is 8.00. The summed E-state index contributed by atoms with van der Waals surface area (Å²) in [5.41, 5.74) is 1.09. The van der Waals surface area contributed by atoms with E-state index in [2.05, 4.69) is 6.07 Å². The number of nitrogens with zero attached hydrogens (tertiary/aromatic N) is 1. The number of carbonyl (C=O) groups excluding carboxylic acids is 1. The molecule has 0 spiro atoms. The number of nitriles is 1. The Labute approximate surface area is 102 Å². The van der Waals surface area contributed by atoms with Gasteiger partial charge in [0.2, 0.25) is 0 Å². The molecule has 0 atom stereocenters. The molecular weight excluding hydrogens is 214 g/mol. The van der Waals surface area contributed by atoms with Crippen molar-refractivity contribution in [3.8, 4) is 11.8 Å². The molecule has 17 heavy (non-hydrogen) atoms. The minimum atomic E-state index is -0.399. The standard InChI is InChI=1S/C14H17NO2/c1-11-5-4-6-12(9-16)13(11)17-8-7-14(2,3)10-15/h4-6,9H,7-8H2,1-3H3. The monoisotopic (exact) mass is 231 g/mol. The normalized spacial score (nSPS) is 10.7. The molecule has 0 saturated carbocycles. The summed E-state index contributed by atoms with van der Waals surface area (Å²) in [6, 6.07) is 7.67. The maximum Gasteiger partial charge on any atom is 0.153 e. The van der Waals surface area contributed by atoms with Crippen molar-refractivity contribution >= 4 is 6.29 Å². The van der Waals surface area contributed by atoms with Crippen LogP contribution < -0.4 is 4.74 Å². The third-order valence-electron chi connectivity index (χ3n) is 2.65. The van der Waals surface area contributed by atoms with Gasteiger partial charge in [-0.2, -0.15) is 5.26 Å². The average molecular weight is 231 g/mol. The molecule has 0 heterocycles. The lowest BCUT2D eigenvalue weighted by atomic mass is 9.92. The SMILES string of the molecule is Cc1cccc(C=O)c1OCCC(C)(C)C#N. The van der Waals surface area contributed by atoms with Crippen molar-refractivity contribution in [1.82, 2.24) is 0 Å². The van der Waals surface area contributed by atoms with Crippen LogP contribution in [0.3, 0.4) is 0 Å². The summed E-state index contributed by atoms with van der Waals surface area (Å²) < 4.78 is 5.61. The maximum atomic E-state index is 10.9. The van der Waals surface area contributed by atoms with Gasteiger partial charge in [-0.1, -0.05) is 12.1 Å². The molecule has 0 fully saturated rings. The highest BCUT2D eigenvalue weighted by molar-refractivity contribution is 5.80. The van der Waals surface area contributed by atoms with Gasteiger partial charge in [0.25, 0.3) is 0 Å². The van der Waals surface area contributed by atoms with Gasteiger partial charge in [-0.25, -0.2) is 0 Å². The number of ether oxygens (including phenoxy) is 1. The lowest BCUT2D eigenvalue weighted by molar-refractivity contribution is 0.111. The Morgan fingerprint density at radius 1 is 1.47 bits per heavy atom. The van der Waals surface area contributed by atoms with Crippen molar-refractivity contribution in [2.24, 2.45) is 5.41 Å². The van der Waals surface area contributed by atoms with E-state index in [0.717, 1.165) is 11.8 Å². The summed E-state index contributed by atoms with van der Waals surface area (Å²) in [4.78, 5) is 10.9. The van der Waals surface area contributed by atoms with E-state index in [4.69, 9.17) is 10.00 Å². The smallest absolute Gasteiger partial charge is 0.153 e. The maximum absolute atomic E-state index is 10.9. The van der Waals surface area contributed by atoms with Crippen molar-refractivity contribution in [2.45, 2.75) is 27.2 Å². The van der Waals surface area contributed by atoms with E-state index < -0.39 is 5.41 Å². The molecule has 0 radical (unpaired) electrons. The van der Waals surface area contributed by atoms with Gasteiger partial charge in [0.1, 0.15) is 5.75 Å². The van der Waals surface area contributed by atoms with E-state index >= 15 is 0 Å².